The van der Waals surface area contributed by atoms with Crippen molar-refractivity contribution in [3.05, 3.63) is 29.8 Å². The molecule has 5 heteroatoms. The smallest absolute Gasteiger partial charge is 0.340 e. The number of amides is 1. The van der Waals surface area contributed by atoms with Crippen LogP contribution in [0.25, 0.3) is 0 Å². The summed E-state index contributed by atoms with van der Waals surface area (Å²) in [5.41, 5.74) is 0.899. The zero-order valence-electron chi connectivity index (χ0n) is 14.0. The molecule has 1 N–H and O–H groups in total. The van der Waals surface area contributed by atoms with Gasteiger partial charge in [-0.05, 0) is 38.9 Å². The quantitative estimate of drug-likeness (QED) is 0.819. The van der Waals surface area contributed by atoms with Crippen LogP contribution in [0.2, 0.25) is 0 Å². The van der Waals surface area contributed by atoms with E-state index < -0.39 is 5.97 Å². The van der Waals surface area contributed by atoms with Gasteiger partial charge in [-0.1, -0.05) is 31.4 Å². The van der Waals surface area contributed by atoms with Gasteiger partial charge in [-0.25, -0.2) is 4.79 Å². The molecule has 0 spiro atoms. The van der Waals surface area contributed by atoms with Crippen LogP contribution in [0.5, 0.6) is 0 Å². The van der Waals surface area contributed by atoms with Gasteiger partial charge in [0.25, 0.3) is 0 Å². The molecule has 23 heavy (non-hydrogen) atoms. The molecule has 5 nitrogen and oxygen atoms in total. The number of carbonyl (C=O) groups excluding carboxylic acids is 2. The fourth-order valence-electron chi connectivity index (χ4n) is 3.05. The molecule has 0 bridgehead atoms. The highest BCUT2D eigenvalue weighted by Gasteiger charge is 2.20. The Bertz CT molecular complexity index is 539. The highest BCUT2D eigenvalue weighted by atomic mass is 16.5. The molecule has 0 atom stereocenters. The largest absolute Gasteiger partial charge is 0.462 e. The Morgan fingerprint density at radius 2 is 1.91 bits per heavy atom. The van der Waals surface area contributed by atoms with Crippen molar-refractivity contribution in [1.29, 1.82) is 0 Å². The molecule has 0 unspecified atom stereocenters. The van der Waals surface area contributed by atoms with Crippen LogP contribution in [-0.4, -0.2) is 43.0 Å². The number of carbonyl (C=O) groups is 2. The number of hydrogen-bond donors (Lipinski definition) is 1. The van der Waals surface area contributed by atoms with Crippen molar-refractivity contribution in [1.82, 2.24) is 4.90 Å². The molecule has 1 aromatic carbocycles. The zero-order chi connectivity index (χ0) is 16.7. The predicted octanol–water partition coefficient (Wildman–Crippen LogP) is 3.07. The van der Waals surface area contributed by atoms with E-state index in [1.165, 1.54) is 19.3 Å². The second-order valence-electron chi connectivity index (χ2n) is 6.02. The summed E-state index contributed by atoms with van der Waals surface area (Å²) in [6.07, 6.45) is 6.08. The molecule has 0 aliphatic heterocycles. The minimum absolute atomic E-state index is 0.102. The summed E-state index contributed by atoms with van der Waals surface area (Å²) in [6.45, 7) is 2.41. The van der Waals surface area contributed by atoms with E-state index in [4.69, 9.17) is 4.74 Å². The number of rotatable bonds is 6. The number of anilines is 1. The summed E-state index contributed by atoms with van der Waals surface area (Å²) in [5.74, 6) is -0.515. The maximum atomic E-state index is 12.3. The van der Waals surface area contributed by atoms with Crippen molar-refractivity contribution in [3.8, 4) is 0 Å². The van der Waals surface area contributed by atoms with E-state index in [9.17, 15) is 9.59 Å². The topological polar surface area (TPSA) is 58.6 Å². The third-order valence-electron chi connectivity index (χ3n) is 4.29. The van der Waals surface area contributed by atoms with Crippen LogP contribution < -0.4 is 5.32 Å². The summed E-state index contributed by atoms with van der Waals surface area (Å²) >= 11 is 0. The Morgan fingerprint density at radius 3 is 2.61 bits per heavy atom. The van der Waals surface area contributed by atoms with Crippen LogP contribution in [0.15, 0.2) is 24.3 Å². The van der Waals surface area contributed by atoms with Gasteiger partial charge >= 0.3 is 5.97 Å². The van der Waals surface area contributed by atoms with Crippen LogP contribution in [0.1, 0.15) is 49.4 Å². The molecule has 0 aromatic heterocycles. The molecule has 1 aromatic rings. The fraction of sp³-hybridized carbons (Fsp3) is 0.556. The SMILES string of the molecule is CCOC(=O)c1ccccc1NC(=O)CN(C)C1CCCCC1. The van der Waals surface area contributed by atoms with Crippen LogP contribution in [0.4, 0.5) is 5.69 Å². The lowest BCUT2D eigenvalue weighted by atomic mass is 9.94. The number of hydrogen-bond acceptors (Lipinski definition) is 4. The number of ether oxygens (including phenoxy) is 1. The second kappa shape index (κ2) is 8.67. The Balaban J connectivity index is 1.95. The van der Waals surface area contributed by atoms with E-state index in [1.54, 1.807) is 31.2 Å². The van der Waals surface area contributed by atoms with Crippen LogP contribution in [0, 0.1) is 0 Å². The van der Waals surface area contributed by atoms with Gasteiger partial charge in [0.05, 0.1) is 24.4 Å². The van der Waals surface area contributed by atoms with Gasteiger partial charge in [-0.2, -0.15) is 0 Å². The number of likely N-dealkylation sites (N-methyl/N-ethyl adjacent to an activating group) is 1. The first-order valence-electron chi connectivity index (χ1n) is 8.38. The second-order valence-corrected chi connectivity index (χ2v) is 6.02. The standard InChI is InChI=1S/C18H26N2O3/c1-3-23-18(22)15-11-7-8-12-16(15)19-17(21)13-20(2)14-9-5-4-6-10-14/h7-8,11-12,14H,3-6,9-10,13H2,1-2H3,(H,19,21). The van der Waals surface area contributed by atoms with Crippen molar-refractivity contribution in [3.63, 3.8) is 0 Å². The average Bonchev–Trinajstić information content (AvgIpc) is 2.56. The van der Waals surface area contributed by atoms with E-state index >= 15 is 0 Å². The summed E-state index contributed by atoms with van der Waals surface area (Å²) in [4.78, 5) is 26.3. The zero-order valence-corrected chi connectivity index (χ0v) is 14.0. The number of esters is 1. The third kappa shape index (κ3) is 5.06. The van der Waals surface area contributed by atoms with E-state index in [2.05, 4.69) is 10.2 Å². The summed E-state index contributed by atoms with van der Waals surface area (Å²) < 4.78 is 5.03. The van der Waals surface area contributed by atoms with E-state index in [-0.39, 0.29) is 5.91 Å². The van der Waals surface area contributed by atoms with Crippen molar-refractivity contribution in [2.45, 2.75) is 45.1 Å². The maximum absolute atomic E-state index is 12.3. The van der Waals surface area contributed by atoms with Gasteiger partial charge in [0.15, 0.2) is 0 Å². The van der Waals surface area contributed by atoms with Crippen LogP contribution in [-0.2, 0) is 9.53 Å². The number of nitrogens with zero attached hydrogens (tertiary/aromatic N) is 1. The van der Waals surface area contributed by atoms with Gasteiger partial charge in [-0.3, -0.25) is 9.69 Å². The van der Waals surface area contributed by atoms with Gasteiger partial charge in [-0.15, -0.1) is 0 Å². The molecule has 0 radical (unpaired) electrons. The molecule has 1 amide bonds. The third-order valence-corrected chi connectivity index (χ3v) is 4.29. The molecule has 0 saturated heterocycles. The number of nitrogens with one attached hydrogen (secondary N) is 1. The molecule has 1 fully saturated rings. The first kappa shape index (κ1) is 17.5. The normalized spacial score (nSPS) is 15.4. The minimum atomic E-state index is -0.413. The van der Waals surface area contributed by atoms with Crippen molar-refractivity contribution in [2.24, 2.45) is 0 Å². The van der Waals surface area contributed by atoms with Gasteiger partial charge in [0.1, 0.15) is 0 Å². The molecule has 126 valence electrons. The molecule has 1 saturated carbocycles. The Kier molecular flexibility index (Phi) is 6.59. The van der Waals surface area contributed by atoms with Crippen molar-refractivity contribution < 1.29 is 14.3 Å². The van der Waals surface area contributed by atoms with E-state index in [0.29, 0.717) is 30.4 Å². The summed E-state index contributed by atoms with van der Waals surface area (Å²) in [5, 5.41) is 2.84. The molecular formula is C18H26N2O3. The van der Waals surface area contributed by atoms with Gasteiger partial charge < -0.3 is 10.1 Å². The Labute approximate surface area is 138 Å². The lowest BCUT2D eigenvalue weighted by Gasteiger charge is -2.30. The monoisotopic (exact) mass is 318 g/mol. The van der Waals surface area contributed by atoms with Crippen LogP contribution >= 0.6 is 0 Å². The molecule has 2 rings (SSSR count). The fourth-order valence-corrected chi connectivity index (χ4v) is 3.05. The minimum Gasteiger partial charge on any atom is -0.462 e. The van der Waals surface area contributed by atoms with Gasteiger partial charge in [0.2, 0.25) is 5.91 Å². The molecular weight excluding hydrogens is 292 g/mol. The lowest BCUT2D eigenvalue weighted by molar-refractivity contribution is -0.117. The maximum Gasteiger partial charge on any atom is 0.340 e. The molecule has 1 aliphatic carbocycles. The average molecular weight is 318 g/mol. The van der Waals surface area contributed by atoms with Crippen molar-refractivity contribution >= 4 is 17.6 Å². The Morgan fingerprint density at radius 1 is 1.22 bits per heavy atom. The molecule has 0 heterocycles. The molecule has 1 aliphatic rings. The van der Waals surface area contributed by atoms with Crippen LogP contribution in [0.3, 0.4) is 0 Å². The predicted molar refractivity (Wildman–Crippen MR) is 90.5 cm³/mol. The summed E-state index contributed by atoms with van der Waals surface area (Å²) in [6, 6.07) is 7.43. The van der Waals surface area contributed by atoms with Gasteiger partial charge in [0, 0.05) is 6.04 Å². The first-order chi connectivity index (χ1) is 11.1. The van der Waals surface area contributed by atoms with E-state index in [0.717, 1.165) is 12.8 Å². The highest BCUT2D eigenvalue weighted by molar-refractivity contribution is 6.01. The summed E-state index contributed by atoms with van der Waals surface area (Å²) in [7, 11) is 1.99. The number of benzene rings is 1. The van der Waals surface area contributed by atoms with E-state index in [1.807, 2.05) is 7.05 Å². The lowest BCUT2D eigenvalue weighted by Crippen LogP contribution is -2.39. The first-order valence-corrected chi connectivity index (χ1v) is 8.38. The van der Waals surface area contributed by atoms with Crippen molar-refractivity contribution in [2.75, 3.05) is 25.5 Å². The number of para-hydroxylation sites is 1. The highest BCUT2D eigenvalue weighted by Crippen LogP contribution is 2.22. The Hall–Kier alpha value is -1.88.